The third-order valence-corrected chi connectivity index (χ3v) is 5.92. The van der Waals surface area contributed by atoms with Gasteiger partial charge in [-0.25, -0.2) is 0 Å². The van der Waals surface area contributed by atoms with E-state index in [1.807, 2.05) is 24.3 Å². The molecule has 1 aliphatic carbocycles. The topological polar surface area (TPSA) is 71.3 Å². The number of carbonyl (C=O) groups is 1. The summed E-state index contributed by atoms with van der Waals surface area (Å²) in [7, 11) is 1.62. The highest BCUT2D eigenvalue weighted by Crippen LogP contribution is 2.39. The molecule has 0 unspecified atom stereocenters. The van der Waals surface area contributed by atoms with Crippen molar-refractivity contribution in [1.82, 2.24) is 0 Å². The van der Waals surface area contributed by atoms with Crippen molar-refractivity contribution in [3.05, 3.63) is 40.3 Å². The second-order valence-corrected chi connectivity index (χ2v) is 7.95. The number of fused-ring (bicyclic) bond motifs is 1. The summed E-state index contributed by atoms with van der Waals surface area (Å²) >= 11 is 1.56. The van der Waals surface area contributed by atoms with Crippen molar-refractivity contribution in [2.24, 2.45) is 5.92 Å². The van der Waals surface area contributed by atoms with E-state index in [4.69, 9.17) is 9.47 Å². The van der Waals surface area contributed by atoms with Gasteiger partial charge in [0.1, 0.15) is 22.6 Å². The first-order valence-electron chi connectivity index (χ1n) is 9.22. The number of ether oxygens (including phenoxy) is 2. The highest BCUT2D eigenvalue weighted by atomic mass is 32.1. The number of amides is 1. The first-order valence-corrected chi connectivity index (χ1v) is 10.0. The van der Waals surface area contributed by atoms with Crippen LogP contribution < -0.4 is 14.8 Å². The number of carbonyl (C=O) groups excluding carboxylic acids is 1. The van der Waals surface area contributed by atoms with Crippen LogP contribution in [0.4, 0.5) is 5.00 Å². The van der Waals surface area contributed by atoms with Gasteiger partial charge in [0.05, 0.1) is 19.3 Å². The molecule has 1 N–H and O–H groups in total. The summed E-state index contributed by atoms with van der Waals surface area (Å²) in [5.41, 5.74) is 1.79. The molecule has 0 bridgehead atoms. The number of nitrogens with zero attached hydrogens (tertiary/aromatic N) is 1. The molecule has 0 spiro atoms. The summed E-state index contributed by atoms with van der Waals surface area (Å²) < 4.78 is 10.8. The van der Waals surface area contributed by atoms with Gasteiger partial charge < -0.3 is 14.8 Å². The summed E-state index contributed by atoms with van der Waals surface area (Å²) in [6.07, 6.45) is 4.01. The average Bonchev–Trinajstić information content (AvgIpc) is 3.01. The Balaban J connectivity index is 1.49. The van der Waals surface area contributed by atoms with Crippen LogP contribution in [0.1, 0.15) is 42.2 Å². The Bertz CT molecular complexity index is 836. The summed E-state index contributed by atoms with van der Waals surface area (Å²) in [4.78, 5) is 13.5. The number of benzene rings is 1. The predicted octanol–water partition coefficient (Wildman–Crippen LogP) is 4.55. The number of anilines is 1. The molecule has 3 rings (SSSR count). The minimum atomic E-state index is -0.0727. The van der Waals surface area contributed by atoms with Crippen molar-refractivity contribution < 1.29 is 14.3 Å². The lowest BCUT2D eigenvalue weighted by molar-refractivity contribution is -0.116. The Morgan fingerprint density at radius 2 is 2.07 bits per heavy atom. The normalized spacial score (nSPS) is 15.5. The van der Waals surface area contributed by atoms with Crippen molar-refractivity contribution >= 4 is 22.2 Å². The van der Waals surface area contributed by atoms with Crippen molar-refractivity contribution in [3.63, 3.8) is 0 Å². The fourth-order valence-corrected chi connectivity index (χ4v) is 4.62. The maximum absolute atomic E-state index is 12.3. The van der Waals surface area contributed by atoms with Gasteiger partial charge >= 0.3 is 0 Å². The van der Waals surface area contributed by atoms with Crippen molar-refractivity contribution in [2.75, 3.05) is 19.0 Å². The number of rotatable bonds is 7. The van der Waals surface area contributed by atoms with Crippen LogP contribution in [0.15, 0.2) is 24.3 Å². The summed E-state index contributed by atoms with van der Waals surface area (Å²) in [5.74, 6) is 2.10. The highest BCUT2D eigenvalue weighted by molar-refractivity contribution is 7.16. The van der Waals surface area contributed by atoms with E-state index in [2.05, 4.69) is 18.3 Å². The molecule has 1 aromatic carbocycles. The fourth-order valence-electron chi connectivity index (χ4n) is 3.24. The average molecular weight is 385 g/mol. The van der Waals surface area contributed by atoms with Crippen LogP contribution in [0.2, 0.25) is 0 Å². The largest absolute Gasteiger partial charge is 0.497 e. The first kappa shape index (κ1) is 19.2. The van der Waals surface area contributed by atoms with E-state index in [9.17, 15) is 10.1 Å². The summed E-state index contributed by atoms with van der Waals surface area (Å²) in [5, 5.41) is 13.1. The van der Waals surface area contributed by atoms with E-state index < -0.39 is 0 Å². The third kappa shape index (κ3) is 4.81. The van der Waals surface area contributed by atoms with Crippen LogP contribution in [-0.2, 0) is 17.6 Å². The Hall–Kier alpha value is -2.52. The van der Waals surface area contributed by atoms with Gasteiger partial charge in [0, 0.05) is 11.3 Å². The Kier molecular flexibility index (Phi) is 6.36. The molecule has 0 fully saturated rings. The van der Waals surface area contributed by atoms with E-state index in [1.165, 1.54) is 4.88 Å². The molecular formula is C21H24N2O3S. The van der Waals surface area contributed by atoms with Crippen molar-refractivity contribution in [3.8, 4) is 17.6 Å². The monoisotopic (exact) mass is 384 g/mol. The van der Waals surface area contributed by atoms with E-state index in [1.54, 1.807) is 18.4 Å². The van der Waals surface area contributed by atoms with Gasteiger partial charge in [-0.3, -0.25) is 4.79 Å². The van der Waals surface area contributed by atoms with E-state index in [0.29, 0.717) is 35.9 Å². The van der Waals surface area contributed by atoms with Crippen LogP contribution in [0.5, 0.6) is 11.5 Å². The molecule has 0 saturated carbocycles. The zero-order valence-electron chi connectivity index (χ0n) is 15.7. The SMILES string of the molecule is COc1ccc(OCCCC(=O)Nc2sc3c(c2C#N)CC[C@H](C)C3)cc1. The Morgan fingerprint density at radius 1 is 1.33 bits per heavy atom. The number of nitrogens with one attached hydrogen (secondary N) is 1. The minimum absolute atomic E-state index is 0.0727. The number of nitriles is 1. The quantitative estimate of drug-likeness (QED) is 0.711. The molecule has 0 radical (unpaired) electrons. The predicted molar refractivity (Wildman–Crippen MR) is 107 cm³/mol. The lowest BCUT2D eigenvalue weighted by atomic mass is 9.89. The lowest BCUT2D eigenvalue weighted by Gasteiger charge is -2.17. The molecule has 1 amide bonds. The molecule has 6 heteroatoms. The zero-order chi connectivity index (χ0) is 19.2. The molecule has 0 aliphatic heterocycles. The number of hydrogen-bond donors (Lipinski definition) is 1. The molecule has 1 heterocycles. The maximum Gasteiger partial charge on any atom is 0.225 e. The molecule has 5 nitrogen and oxygen atoms in total. The van der Waals surface area contributed by atoms with Gasteiger partial charge in [-0.15, -0.1) is 11.3 Å². The third-order valence-electron chi connectivity index (χ3n) is 4.75. The number of methoxy groups -OCH3 is 1. The van der Waals surface area contributed by atoms with Crippen LogP contribution in [0.3, 0.4) is 0 Å². The van der Waals surface area contributed by atoms with Gasteiger partial charge in [-0.05, 0) is 61.4 Å². The van der Waals surface area contributed by atoms with Gasteiger partial charge in [0.15, 0.2) is 0 Å². The van der Waals surface area contributed by atoms with E-state index in [0.717, 1.165) is 36.3 Å². The number of thiophene rings is 1. The van der Waals surface area contributed by atoms with Crippen LogP contribution in [-0.4, -0.2) is 19.6 Å². The van der Waals surface area contributed by atoms with Crippen LogP contribution in [0.25, 0.3) is 0 Å². The lowest BCUT2D eigenvalue weighted by Crippen LogP contribution is -2.13. The van der Waals surface area contributed by atoms with Crippen molar-refractivity contribution in [2.45, 2.75) is 39.0 Å². The second-order valence-electron chi connectivity index (χ2n) is 6.84. The zero-order valence-corrected chi connectivity index (χ0v) is 16.5. The standard InChI is InChI=1S/C21H24N2O3S/c1-14-5-10-17-18(13-22)21(27-19(17)12-14)23-20(24)4-3-11-26-16-8-6-15(25-2)7-9-16/h6-9,14H,3-5,10-12H2,1-2H3,(H,23,24)/t14-/m0/s1. The van der Waals surface area contributed by atoms with Crippen LogP contribution >= 0.6 is 11.3 Å². The van der Waals surface area contributed by atoms with Gasteiger partial charge in [0.2, 0.25) is 5.91 Å². The van der Waals surface area contributed by atoms with Crippen molar-refractivity contribution in [1.29, 1.82) is 5.26 Å². The minimum Gasteiger partial charge on any atom is -0.497 e. The van der Waals surface area contributed by atoms with Gasteiger partial charge in [-0.1, -0.05) is 6.92 Å². The molecule has 27 heavy (non-hydrogen) atoms. The molecule has 1 aliphatic rings. The fraction of sp³-hybridized carbons (Fsp3) is 0.429. The molecule has 1 aromatic heterocycles. The number of hydrogen-bond acceptors (Lipinski definition) is 5. The Morgan fingerprint density at radius 3 is 2.78 bits per heavy atom. The Labute approximate surface area is 163 Å². The molecule has 2 aromatic rings. The second kappa shape index (κ2) is 8.92. The van der Waals surface area contributed by atoms with Gasteiger partial charge in [0.25, 0.3) is 0 Å². The maximum atomic E-state index is 12.3. The molecule has 142 valence electrons. The van der Waals surface area contributed by atoms with Gasteiger partial charge in [-0.2, -0.15) is 5.26 Å². The summed E-state index contributed by atoms with van der Waals surface area (Å²) in [6, 6.07) is 9.64. The summed E-state index contributed by atoms with van der Waals surface area (Å²) in [6.45, 7) is 2.69. The smallest absolute Gasteiger partial charge is 0.225 e. The molecule has 1 atom stereocenters. The van der Waals surface area contributed by atoms with Crippen LogP contribution in [0, 0.1) is 17.2 Å². The first-order chi connectivity index (χ1) is 13.1. The molecular weight excluding hydrogens is 360 g/mol. The highest BCUT2D eigenvalue weighted by Gasteiger charge is 2.24. The van der Waals surface area contributed by atoms with E-state index in [-0.39, 0.29) is 5.91 Å². The molecule has 0 saturated heterocycles. The van der Waals surface area contributed by atoms with E-state index >= 15 is 0 Å².